The molecule has 1 N–H and O–H groups in total. The molecule has 3 rings (SSSR count). The van der Waals surface area contributed by atoms with E-state index in [9.17, 15) is 19.5 Å². The van der Waals surface area contributed by atoms with Crippen molar-refractivity contribution in [3.8, 4) is 5.75 Å². The summed E-state index contributed by atoms with van der Waals surface area (Å²) in [6, 6.07) is 9.15. The van der Waals surface area contributed by atoms with Gasteiger partial charge in [0.1, 0.15) is 6.61 Å². The van der Waals surface area contributed by atoms with Gasteiger partial charge < -0.3 is 19.5 Å². The zero-order valence-corrected chi connectivity index (χ0v) is 15.1. The number of hydrogen-bond donors (Lipinski definition) is 1. The molecule has 0 radical (unpaired) electrons. The Bertz CT molecular complexity index is 907. The Morgan fingerprint density at radius 3 is 2.56 bits per heavy atom. The molecule has 0 saturated heterocycles. The highest BCUT2D eigenvalue weighted by molar-refractivity contribution is 6.02. The Kier molecular flexibility index (Phi) is 4.61. The first-order valence-corrected chi connectivity index (χ1v) is 8.17. The van der Waals surface area contributed by atoms with Crippen LogP contribution in [0.1, 0.15) is 33.5 Å². The van der Waals surface area contributed by atoms with Crippen molar-refractivity contribution >= 4 is 17.8 Å². The first-order valence-electron chi connectivity index (χ1n) is 8.17. The summed E-state index contributed by atoms with van der Waals surface area (Å²) in [5.74, 6) is -2.58. The number of likely N-dealkylation sites (N-methyl/N-ethyl adjacent to an activating group) is 1. The number of carboxylic acid groups (broad SMARTS) is 1. The summed E-state index contributed by atoms with van der Waals surface area (Å²) in [6.45, 7) is 1.40. The fraction of sp³-hybridized carbons (Fsp3) is 0.333. The number of hydrogen-bond acceptors (Lipinski definition) is 6. The van der Waals surface area contributed by atoms with Crippen molar-refractivity contribution in [3.63, 3.8) is 0 Å². The summed E-state index contributed by atoms with van der Waals surface area (Å²) < 4.78 is 11.5. The van der Waals surface area contributed by atoms with Crippen molar-refractivity contribution in [2.75, 3.05) is 20.7 Å². The van der Waals surface area contributed by atoms with E-state index in [1.54, 1.807) is 0 Å². The van der Waals surface area contributed by atoms with Gasteiger partial charge in [-0.3, -0.25) is 4.79 Å². The molecule has 2 heterocycles. The normalized spacial score (nSPS) is 18.8. The third-order valence-electron chi connectivity index (χ3n) is 4.47. The van der Waals surface area contributed by atoms with Crippen LogP contribution in [0.2, 0.25) is 0 Å². The van der Waals surface area contributed by atoms with Crippen molar-refractivity contribution in [1.29, 1.82) is 0 Å². The molecule has 9 heteroatoms. The van der Waals surface area contributed by atoms with Crippen LogP contribution in [0.15, 0.2) is 30.3 Å². The molecule has 0 spiro atoms. The van der Waals surface area contributed by atoms with E-state index in [2.05, 4.69) is 5.10 Å². The quantitative estimate of drug-likeness (QED) is 0.782. The van der Waals surface area contributed by atoms with E-state index in [1.165, 1.54) is 26.0 Å². The molecule has 1 aliphatic heterocycles. The summed E-state index contributed by atoms with van der Waals surface area (Å²) in [4.78, 5) is 38.0. The van der Waals surface area contributed by atoms with E-state index in [1.807, 2.05) is 30.3 Å². The van der Waals surface area contributed by atoms with Crippen LogP contribution in [-0.2, 0) is 21.7 Å². The Morgan fingerprint density at radius 1 is 1.30 bits per heavy atom. The predicted octanol–water partition coefficient (Wildman–Crippen LogP) is 1.13. The lowest BCUT2D eigenvalue weighted by Crippen LogP contribution is -2.55. The number of methoxy groups -OCH3 is 1. The molecule has 1 atom stereocenters. The first kappa shape index (κ1) is 18.4. The number of carbonyl (C=O) groups is 3. The topological polar surface area (TPSA) is 111 Å². The molecule has 0 aliphatic carbocycles. The second-order valence-electron chi connectivity index (χ2n) is 6.44. The highest BCUT2D eigenvalue weighted by Crippen LogP contribution is 2.35. The fourth-order valence-electron chi connectivity index (χ4n) is 2.98. The molecule has 0 saturated carbocycles. The number of esters is 1. The maximum absolute atomic E-state index is 12.7. The van der Waals surface area contributed by atoms with Crippen LogP contribution in [0.4, 0.5) is 0 Å². The van der Waals surface area contributed by atoms with Crippen molar-refractivity contribution in [1.82, 2.24) is 14.7 Å². The lowest BCUT2D eigenvalue weighted by atomic mass is 9.99. The molecule has 1 unspecified atom stereocenters. The summed E-state index contributed by atoms with van der Waals surface area (Å²) in [7, 11) is 2.66. The lowest BCUT2D eigenvalue weighted by Gasteiger charge is -2.36. The zero-order chi connectivity index (χ0) is 19.8. The number of carbonyl (C=O) groups excluding carboxylic acids is 2. The van der Waals surface area contributed by atoms with Gasteiger partial charge in [-0.25, -0.2) is 14.3 Å². The predicted molar refractivity (Wildman–Crippen MR) is 92.6 cm³/mol. The Labute approximate surface area is 155 Å². The second kappa shape index (κ2) is 6.75. The second-order valence-corrected chi connectivity index (χ2v) is 6.44. The van der Waals surface area contributed by atoms with E-state index in [0.29, 0.717) is 0 Å². The first-order chi connectivity index (χ1) is 12.8. The Morgan fingerprint density at radius 2 is 1.96 bits per heavy atom. The summed E-state index contributed by atoms with van der Waals surface area (Å²) >= 11 is 0. The van der Waals surface area contributed by atoms with Gasteiger partial charge in [0.15, 0.2) is 17.0 Å². The minimum Gasteiger partial charge on any atom is -0.484 e. The minimum absolute atomic E-state index is 0.0737. The molecule has 0 fully saturated rings. The smallest absolute Gasteiger partial charge is 0.362 e. The summed E-state index contributed by atoms with van der Waals surface area (Å²) in [5.41, 5.74) is -1.06. The van der Waals surface area contributed by atoms with Gasteiger partial charge in [0.2, 0.25) is 5.69 Å². The van der Waals surface area contributed by atoms with Crippen LogP contribution in [0, 0.1) is 0 Å². The van der Waals surface area contributed by atoms with Crippen LogP contribution in [-0.4, -0.2) is 58.3 Å². The molecule has 0 bridgehead atoms. The maximum Gasteiger partial charge on any atom is 0.362 e. The Balaban J connectivity index is 2.14. The summed E-state index contributed by atoms with van der Waals surface area (Å²) in [6.07, 6.45) is 0. The van der Waals surface area contributed by atoms with Crippen LogP contribution < -0.4 is 4.74 Å². The monoisotopic (exact) mass is 373 g/mol. The van der Waals surface area contributed by atoms with E-state index in [-0.39, 0.29) is 30.3 Å². The van der Waals surface area contributed by atoms with Crippen molar-refractivity contribution in [2.24, 2.45) is 0 Å². The number of nitrogens with zero attached hydrogens (tertiary/aromatic N) is 3. The molecule has 1 aromatic carbocycles. The van der Waals surface area contributed by atoms with E-state index >= 15 is 0 Å². The standard InChI is InChI=1S/C18H19N3O6/c1-18(17(24)25)10-20(2)15(22)13-14(12(16(23)26-3)19-21(13)18)27-9-11-7-5-4-6-8-11/h4-8H,9-10H2,1-3H3,(H,24,25). The van der Waals surface area contributed by atoms with Crippen LogP contribution in [0.5, 0.6) is 5.75 Å². The van der Waals surface area contributed by atoms with Crippen molar-refractivity contribution in [3.05, 3.63) is 47.3 Å². The average Bonchev–Trinajstić information content (AvgIpc) is 3.05. The number of fused-ring (bicyclic) bond motifs is 1. The number of amides is 1. The van der Waals surface area contributed by atoms with Gasteiger partial charge in [-0.05, 0) is 12.5 Å². The Hall–Kier alpha value is -3.36. The highest BCUT2D eigenvalue weighted by atomic mass is 16.5. The average molecular weight is 373 g/mol. The van der Waals surface area contributed by atoms with Gasteiger partial charge in [-0.2, -0.15) is 5.10 Å². The van der Waals surface area contributed by atoms with Gasteiger partial charge in [0.05, 0.1) is 13.7 Å². The molecule has 27 heavy (non-hydrogen) atoms. The number of rotatable bonds is 5. The molecule has 1 aromatic heterocycles. The van der Waals surface area contributed by atoms with Gasteiger partial charge in [0.25, 0.3) is 5.91 Å². The highest BCUT2D eigenvalue weighted by Gasteiger charge is 2.48. The van der Waals surface area contributed by atoms with Crippen molar-refractivity contribution < 1.29 is 29.0 Å². The molecule has 9 nitrogen and oxygen atoms in total. The zero-order valence-electron chi connectivity index (χ0n) is 15.1. The number of aromatic nitrogens is 2. The number of ether oxygens (including phenoxy) is 2. The maximum atomic E-state index is 12.7. The third-order valence-corrected chi connectivity index (χ3v) is 4.47. The van der Waals surface area contributed by atoms with E-state index in [0.717, 1.165) is 10.2 Å². The van der Waals surface area contributed by atoms with Crippen LogP contribution in [0.3, 0.4) is 0 Å². The molecule has 2 aromatic rings. The molecular formula is C18H19N3O6. The van der Waals surface area contributed by atoms with Gasteiger partial charge in [-0.15, -0.1) is 0 Å². The summed E-state index contributed by atoms with van der Waals surface area (Å²) in [5, 5.41) is 13.8. The lowest BCUT2D eigenvalue weighted by molar-refractivity contribution is -0.148. The van der Waals surface area contributed by atoms with E-state index in [4.69, 9.17) is 9.47 Å². The largest absolute Gasteiger partial charge is 0.484 e. The van der Waals surface area contributed by atoms with Gasteiger partial charge in [0, 0.05) is 7.05 Å². The van der Waals surface area contributed by atoms with Gasteiger partial charge >= 0.3 is 11.9 Å². The van der Waals surface area contributed by atoms with Crippen LogP contribution >= 0.6 is 0 Å². The van der Waals surface area contributed by atoms with E-state index < -0.39 is 23.4 Å². The number of benzene rings is 1. The molecule has 1 aliphatic rings. The third kappa shape index (κ3) is 3.01. The molecule has 1 amide bonds. The number of carboxylic acids is 1. The number of aliphatic carboxylic acids is 1. The van der Waals surface area contributed by atoms with Gasteiger partial charge in [-0.1, -0.05) is 30.3 Å². The minimum atomic E-state index is -1.55. The fourth-order valence-corrected chi connectivity index (χ4v) is 2.98. The van der Waals surface area contributed by atoms with Crippen molar-refractivity contribution in [2.45, 2.75) is 19.1 Å². The SMILES string of the molecule is COC(=O)c1nn2c(c1OCc1ccccc1)C(=O)N(C)CC2(C)C(=O)O. The molecule has 142 valence electrons. The van der Waals surface area contributed by atoms with Crippen LogP contribution in [0.25, 0.3) is 0 Å². The molecular weight excluding hydrogens is 354 g/mol.